The Balaban J connectivity index is 1.99. The van der Waals surface area contributed by atoms with Gasteiger partial charge in [-0.2, -0.15) is 0 Å². The minimum absolute atomic E-state index is 0.106. The van der Waals surface area contributed by atoms with Crippen molar-refractivity contribution >= 4 is 11.7 Å². The predicted octanol–water partition coefficient (Wildman–Crippen LogP) is 3.05. The fraction of sp³-hybridized carbons (Fsp3) is 0.222. The molecule has 1 unspecified atom stereocenters. The molecule has 0 spiro atoms. The highest BCUT2D eigenvalue weighted by Crippen LogP contribution is 2.37. The van der Waals surface area contributed by atoms with Crippen LogP contribution in [0.15, 0.2) is 47.6 Å². The number of hydrogen-bond donors (Lipinski definition) is 1. The Morgan fingerprint density at radius 2 is 2.08 bits per heavy atom. The third kappa shape index (κ3) is 3.03. The molecule has 0 fully saturated rings. The summed E-state index contributed by atoms with van der Waals surface area (Å²) in [5.41, 5.74) is 2.75. The maximum absolute atomic E-state index is 11.7. The van der Waals surface area contributed by atoms with Crippen LogP contribution in [0.5, 0.6) is 11.5 Å². The van der Waals surface area contributed by atoms with Crippen LogP contribution in [0.4, 0.5) is 0 Å². The summed E-state index contributed by atoms with van der Waals surface area (Å²) in [6.07, 6.45) is 0.133. The number of benzene rings is 2. The first-order chi connectivity index (χ1) is 11.6. The van der Waals surface area contributed by atoms with Crippen molar-refractivity contribution in [3.63, 3.8) is 0 Å². The minimum atomic E-state index is -0.406. The fourth-order valence-electron chi connectivity index (χ4n) is 2.69. The number of hydrogen-bond acceptors (Lipinski definition) is 6. The largest absolute Gasteiger partial charge is 0.508 e. The Morgan fingerprint density at radius 3 is 2.83 bits per heavy atom. The van der Waals surface area contributed by atoms with E-state index in [-0.39, 0.29) is 11.9 Å². The number of phenolic OH excluding ortho intramolecular Hbond substituents is 1. The van der Waals surface area contributed by atoms with Gasteiger partial charge in [0.1, 0.15) is 24.7 Å². The Kier molecular flexibility index (Phi) is 4.37. The molecule has 1 aliphatic heterocycles. The van der Waals surface area contributed by atoms with Crippen molar-refractivity contribution < 1.29 is 24.2 Å². The Labute approximate surface area is 139 Å². The van der Waals surface area contributed by atoms with E-state index in [0.717, 1.165) is 11.1 Å². The molecular weight excluding hydrogens is 310 g/mol. The number of ether oxygens (including phenoxy) is 2. The van der Waals surface area contributed by atoms with E-state index in [1.54, 1.807) is 30.3 Å². The SMILES string of the molecule is CO/N=C1\CC(c2cccc(C(=O)OC)c2)Oc2cc(O)ccc21. The van der Waals surface area contributed by atoms with Gasteiger partial charge in [0.15, 0.2) is 0 Å². The van der Waals surface area contributed by atoms with Crippen LogP contribution in [-0.4, -0.2) is 31.0 Å². The molecule has 1 atom stereocenters. The lowest BCUT2D eigenvalue weighted by Gasteiger charge is -2.27. The molecular formula is C18H17NO5. The Hall–Kier alpha value is -3.02. The summed E-state index contributed by atoms with van der Waals surface area (Å²) < 4.78 is 10.7. The van der Waals surface area contributed by atoms with Crippen LogP contribution in [0, 0.1) is 0 Å². The van der Waals surface area contributed by atoms with Gasteiger partial charge < -0.3 is 19.4 Å². The van der Waals surface area contributed by atoms with Gasteiger partial charge in [0.25, 0.3) is 0 Å². The standard InChI is InChI=1S/C18H17NO5/c1-22-18(21)12-5-3-4-11(8-12)16-10-15(19-23-2)14-7-6-13(20)9-17(14)24-16/h3-9,16,20H,10H2,1-2H3/b19-15+. The van der Waals surface area contributed by atoms with Crippen LogP contribution in [0.3, 0.4) is 0 Å². The van der Waals surface area contributed by atoms with E-state index in [1.807, 2.05) is 6.07 Å². The second kappa shape index (κ2) is 6.62. The predicted molar refractivity (Wildman–Crippen MR) is 87.4 cm³/mol. The highest BCUT2D eigenvalue weighted by molar-refractivity contribution is 6.04. The quantitative estimate of drug-likeness (QED) is 0.692. The van der Waals surface area contributed by atoms with Crippen molar-refractivity contribution in [3.05, 3.63) is 59.2 Å². The number of phenols is 1. The first-order valence-corrected chi connectivity index (χ1v) is 7.40. The minimum Gasteiger partial charge on any atom is -0.508 e. The average Bonchev–Trinajstić information content (AvgIpc) is 2.61. The third-order valence-corrected chi connectivity index (χ3v) is 3.81. The molecule has 2 aromatic rings. The maximum atomic E-state index is 11.7. The number of esters is 1. The van der Waals surface area contributed by atoms with Gasteiger partial charge in [-0.3, -0.25) is 0 Å². The van der Waals surface area contributed by atoms with Crippen molar-refractivity contribution in [1.29, 1.82) is 0 Å². The maximum Gasteiger partial charge on any atom is 0.337 e. The molecule has 124 valence electrons. The van der Waals surface area contributed by atoms with E-state index in [4.69, 9.17) is 14.3 Å². The van der Waals surface area contributed by atoms with Crippen LogP contribution in [0.2, 0.25) is 0 Å². The van der Waals surface area contributed by atoms with Crippen molar-refractivity contribution in [2.24, 2.45) is 5.16 Å². The van der Waals surface area contributed by atoms with Gasteiger partial charge in [-0.1, -0.05) is 17.3 Å². The number of nitrogens with zero attached hydrogens (tertiary/aromatic N) is 1. The number of carbonyl (C=O) groups is 1. The number of oxime groups is 1. The van der Waals surface area contributed by atoms with Crippen molar-refractivity contribution in [3.8, 4) is 11.5 Å². The van der Waals surface area contributed by atoms with Crippen molar-refractivity contribution in [2.75, 3.05) is 14.2 Å². The lowest BCUT2D eigenvalue weighted by molar-refractivity contribution is 0.0600. The molecule has 1 aliphatic rings. The molecule has 0 bridgehead atoms. The molecule has 0 saturated heterocycles. The van der Waals surface area contributed by atoms with Gasteiger partial charge in [0.2, 0.25) is 0 Å². The summed E-state index contributed by atoms with van der Waals surface area (Å²) in [6, 6.07) is 11.9. The molecule has 3 rings (SSSR count). The normalized spacial score (nSPS) is 17.8. The summed E-state index contributed by atoms with van der Waals surface area (Å²) in [7, 11) is 2.82. The molecule has 0 aromatic heterocycles. The second-order valence-electron chi connectivity index (χ2n) is 5.33. The molecule has 24 heavy (non-hydrogen) atoms. The topological polar surface area (TPSA) is 77.4 Å². The molecule has 0 amide bonds. The Morgan fingerprint density at radius 1 is 1.25 bits per heavy atom. The highest BCUT2D eigenvalue weighted by atomic mass is 16.6. The van der Waals surface area contributed by atoms with Gasteiger partial charge in [-0.25, -0.2) is 4.79 Å². The van der Waals surface area contributed by atoms with Gasteiger partial charge in [0, 0.05) is 18.1 Å². The van der Waals surface area contributed by atoms with Crippen LogP contribution in [0.1, 0.15) is 34.0 Å². The number of carbonyl (C=O) groups excluding carboxylic acids is 1. The lowest BCUT2D eigenvalue weighted by atomic mass is 9.94. The van der Waals surface area contributed by atoms with E-state index < -0.39 is 5.97 Å². The summed E-state index contributed by atoms with van der Waals surface area (Å²) in [5.74, 6) is 0.219. The third-order valence-electron chi connectivity index (χ3n) is 3.81. The fourth-order valence-corrected chi connectivity index (χ4v) is 2.69. The zero-order valence-corrected chi connectivity index (χ0v) is 13.4. The molecule has 2 aromatic carbocycles. The number of methoxy groups -OCH3 is 1. The summed E-state index contributed by atoms with van der Waals surface area (Å²) in [4.78, 5) is 16.6. The van der Waals surface area contributed by atoms with Crippen molar-refractivity contribution in [2.45, 2.75) is 12.5 Å². The van der Waals surface area contributed by atoms with Crippen molar-refractivity contribution in [1.82, 2.24) is 0 Å². The summed E-state index contributed by atoms with van der Waals surface area (Å²) in [6.45, 7) is 0. The molecule has 0 aliphatic carbocycles. The van der Waals surface area contributed by atoms with Crippen LogP contribution in [0.25, 0.3) is 0 Å². The first kappa shape index (κ1) is 15.9. The van der Waals surface area contributed by atoms with Gasteiger partial charge >= 0.3 is 5.97 Å². The molecule has 6 heteroatoms. The molecule has 0 radical (unpaired) electrons. The van der Waals surface area contributed by atoms with Gasteiger partial charge in [-0.05, 0) is 29.8 Å². The number of fused-ring (bicyclic) bond motifs is 1. The van der Waals surface area contributed by atoms with E-state index >= 15 is 0 Å². The van der Waals surface area contributed by atoms with E-state index in [9.17, 15) is 9.90 Å². The number of aromatic hydroxyl groups is 1. The van der Waals surface area contributed by atoms with Gasteiger partial charge in [0.05, 0.1) is 18.4 Å². The van der Waals surface area contributed by atoms with E-state index in [2.05, 4.69) is 5.16 Å². The van der Waals surface area contributed by atoms with Crippen LogP contribution >= 0.6 is 0 Å². The number of rotatable bonds is 3. The first-order valence-electron chi connectivity index (χ1n) is 7.40. The zero-order valence-electron chi connectivity index (χ0n) is 13.4. The van der Waals surface area contributed by atoms with Crippen LogP contribution < -0.4 is 4.74 Å². The molecule has 6 nitrogen and oxygen atoms in total. The smallest absolute Gasteiger partial charge is 0.337 e. The molecule has 1 heterocycles. The zero-order chi connectivity index (χ0) is 17.1. The van der Waals surface area contributed by atoms with E-state index in [0.29, 0.717) is 23.4 Å². The molecule has 0 saturated carbocycles. The average molecular weight is 327 g/mol. The lowest BCUT2D eigenvalue weighted by Crippen LogP contribution is -2.21. The summed E-state index contributed by atoms with van der Waals surface area (Å²) in [5, 5.41) is 13.8. The highest BCUT2D eigenvalue weighted by Gasteiger charge is 2.27. The van der Waals surface area contributed by atoms with Crippen LogP contribution in [-0.2, 0) is 9.57 Å². The summed E-state index contributed by atoms with van der Waals surface area (Å²) >= 11 is 0. The Bertz CT molecular complexity index is 800. The second-order valence-corrected chi connectivity index (χ2v) is 5.33. The van der Waals surface area contributed by atoms with Gasteiger partial charge in [-0.15, -0.1) is 0 Å². The van der Waals surface area contributed by atoms with E-state index in [1.165, 1.54) is 20.3 Å². The molecule has 1 N–H and O–H groups in total. The monoisotopic (exact) mass is 327 g/mol.